The average Bonchev–Trinajstić information content (AvgIpc) is 2.24. The van der Waals surface area contributed by atoms with Crippen molar-refractivity contribution < 1.29 is 28.2 Å². The number of halogens is 3. The van der Waals surface area contributed by atoms with Crippen molar-refractivity contribution in [3.63, 3.8) is 0 Å². The van der Waals surface area contributed by atoms with Crippen molar-refractivity contribution in [1.29, 1.82) is 0 Å². The van der Waals surface area contributed by atoms with Crippen LogP contribution < -0.4 is 0 Å². The van der Waals surface area contributed by atoms with Crippen molar-refractivity contribution in [2.24, 2.45) is 0 Å². The molecule has 0 radical (unpaired) electrons. The number of hydrogen-bond acceptors (Lipinski definition) is 2. The van der Waals surface area contributed by atoms with Gasteiger partial charge in [0.1, 0.15) is 0 Å². The van der Waals surface area contributed by atoms with E-state index in [1.54, 1.807) is 0 Å². The number of aliphatic hydroxyl groups is 1. The Morgan fingerprint density at radius 2 is 1.88 bits per heavy atom. The molecule has 0 heterocycles. The summed E-state index contributed by atoms with van der Waals surface area (Å²) in [6.45, 7) is 0. The summed E-state index contributed by atoms with van der Waals surface area (Å²) in [5.41, 5.74) is -0.808. The Hall–Kier alpha value is -1.56. The zero-order valence-corrected chi connectivity index (χ0v) is 8.74. The molecule has 0 saturated heterocycles. The minimum atomic E-state index is -4.47. The molecule has 2 N–H and O–H groups in total. The highest BCUT2D eigenvalue weighted by Crippen LogP contribution is 2.32. The molecule has 0 amide bonds. The van der Waals surface area contributed by atoms with Gasteiger partial charge in [0.15, 0.2) is 6.10 Å². The Morgan fingerprint density at radius 3 is 2.41 bits per heavy atom. The normalized spacial score (nSPS) is 13.4. The fourth-order valence-electron chi connectivity index (χ4n) is 1.43. The molecule has 1 rings (SSSR count). The van der Waals surface area contributed by atoms with Crippen molar-refractivity contribution in [2.75, 3.05) is 0 Å². The summed E-state index contributed by atoms with van der Waals surface area (Å²) >= 11 is 0. The first-order valence-corrected chi connectivity index (χ1v) is 4.88. The van der Waals surface area contributed by atoms with Crippen LogP contribution in [0.5, 0.6) is 0 Å². The molecular weight excluding hydrogens is 237 g/mol. The summed E-state index contributed by atoms with van der Waals surface area (Å²) in [6, 6.07) is 4.91. The largest absolute Gasteiger partial charge is 0.479 e. The van der Waals surface area contributed by atoms with Gasteiger partial charge in [-0.3, -0.25) is 0 Å². The van der Waals surface area contributed by atoms with Gasteiger partial charge in [-0.25, -0.2) is 4.79 Å². The summed E-state index contributed by atoms with van der Waals surface area (Å²) in [4.78, 5) is 10.3. The van der Waals surface area contributed by atoms with E-state index in [0.717, 1.165) is 6.07 Å². The van der Waals surface area contributed by atoms with Crippen molar-refractivity contribution in [1.82, 2.24) is 0 Å². The summed E-state index contributed by atoms with van der Waals surface area (Å²) in [5, 5.41) is 17.4. The van der Waals surface area contributed by atoms with Crippen LogP contribution in [0.2, 0.25) is 0 Å². The molecule has 0 saturated carbocycles. The Labute approximate surface area is 95.5 Å². The van der Waals surface area contributed by atoms with Gasteiger partial charge in [0.25, 0.3) is 0 Å². The summed E-state index contributed by atoms with van der Waals surface area (Å²) < 4.78 is 37.7. The summed E-state index contributed by atoms with van der Waals surface area (Å²) in [6.07, 6.45) is -6.49. The van der Waals surface area contributed by atoms with Gasteiger partial charge in [0.2, 0.25) is 0 Å². The van der Waals surface area contributed by atoms with Crippen LogP contribution in [0.3, 0.4) is 0 Å². The first-order chi connectivity index (χ1) is 7.82. The number of carboxylic acids is 1. The maximum Gasteiger partial charge on any atom is 0.416 e. The van der Waals surface area contributed by atoms with Crippen LogP contribution in [0.25, 0.3) is 0 Å². The van der Waals surface area contributed by atoms with Gasteiger partial charge in [-0.15, -0.1) is 0 Å². The van der Waals surface area contributed by atoms with Crippen LogP contribution in [0.15, 0.2) is 24.3 Å². The predicted octanol–water partition coefficient (Wildman–Crippen LogP) is 2.08. The van der Waals surface area contributed by atoms with Crippen LogP contribution in [0, 0.1) is 0 Å². The third-order valence-corrected chi connectivity index (χ3v) is 2.29. The van der Waals surface area contributed by atoms with Gasteiger partial charge in [0.05, 0.1) is 5.56 Å². The highest BCUT2D eigenvalue weighted by atomic mass is 19.4. The van der Waals surface area contributed by atoms with Crippen molar-refractivity contribution in [2.45, 2.75) is 25.1 Å². The van der Waals surface area contributed by atoms with E-state index in [1.807, 2.05) is 0 Å². The standard InChI is InChI=1S/C11H11F3O3/c12-11(13,14)8-4-2-1-3-7(8)5-6-9(15)10(16)17/h1-4,9,15H,5-6H2,(H,16,17)/t9-/m1/s1. The first kappa shape index (κ1) is 13.5. The number of aryl methyl sites for hydroxylation is 1. The number of carboxylic acid groups (broad SMARTS) is 1. The lowest BCUT2D eigenvalue weighted by molar-refractivity contribution is -0.146. The maximum absolute atomic E-state index is 12.6. The lowest BCUT2D eigenvalue weighted by Gasteiger charge is -2.13. The molecule has 0 aromatic heterocycles. The Bertz CT molecular complexity index is 401. The van der Waals surface area contributed by atoms with E-state index in [2.05, 4.69) is 0 Å². The van der Waals surface area contributed by atoms with Gasteiger partial charge in [0, 0.05) is 0 Å². The SMILES string of the molecule is O=C(O)[C@H](O)CCc1ccccc1C(F)(F)F. The maximum atomic E-state index is 12.6. The van der Waals surface area contributed by atoms with E-state index in [0.29, 0.717) is 0 Å². The van der Waals surface area contributed by atoms with Gasteiger partial charge < -0.3 is 10.2 Å². The summed E-state index contributed by atoms with van der Waals surface area (Å²) in [5.74, 6) is -1.44. The zero-order chi connectivity index (χ0) is 13.1. The monoisotopic (exact) mass is 248 g/mol. The minimum absolute atomic E-state index is 0.0136. The molecule has 3 nitrogen and oxygen atoms in total. The lowest BCUT2D eigenvalue weighted by Crippen LogP contribution is -2.20. The molecule has 0 aliphatic rings. The topological polar surface area (TPSA) is 57.5 Å². The number of benzene rings is 1. The van der Waals surface area contributed by atoms with Crippen LogP contribution >= 0.6 is 0 Å². The molecule has 94 valence electrons. The van der Waals surface area contributed by atoms with Crippen LogP contribution in [-0.2, 0) is 17.4 Å². The predicted molar refractivity (Wildman–Crippen MR) is 53.4 cm³/mol. The van der Waals surface area contributed by atoms with Gasteiger partial charge >= 0.3 is 12.1 Å². The van der Waals surface area contributed by atoms with Crippen LogP contribution in [-0.4, -0.2) is 22.3 Å². The van der Waals surface area contributed by atoms with Crippen LogP contribution in [0.1, 0.15) is 17.5 Å². The molecule has 0 bridgehead atoms. The van der Waals surface area contributed by atoms with E-state index in [-0.39, 0.29) is 18.4 Å². The third-order valence-electron chi connectivity index (χ3n) is 2.29. The second-order valence-corrected chi connectivity index (χ2v) is 3.55. The van der Waals surface area contributed by atoms with Crippen molar-refractivity contribution in [3.05, 3.63) is 35.4 Å². The minimum Gasteiger partial charge on any atom is -0.479 e. The smallest absolute Gasteiger partial charge is 0.416 e. The quantitative estimate of drug-likeness (QED) is 0.857. The molecule has 1 aromatic carbocycles. The molecule has 0 aliphatic carbocycles. The number of aliphatic hydroxyl groups excluding tert-OH is 1. The molecule has 17 heavy (non-hydrogen) atoms. The van der Waals surface area contributed by atoms with E-state index < -0.39 is 23.8 Å². The zero-order valence-electron chi connectivity index (χ0n) is 8.74. The van der Waals surface area contributed by atoms with E-state index >= 15 is 0 Å². The van der Waals surface area contributed by atoms with Crippen LogP contribution in [0.4, 0.5) is 13.2 Å². The molecule has 0 fully saturated rings. The second kappa shape index (κ2) is 5.18. The summed E-state index contributed by atoms with van der Waals surface area (Å²) in [7, 11) is 0. The van der Waals surface area contributed by atoms with Crippen molar-refractivity contribution >= 4 is 5.97 Å². The lowest BCUT2D eigenvalue weighted by atomic mass is 10.0. The molecule has 0 aliphatic heterocycles. The number of alkyl halides is 3. The third kappa shape index (κ3) is 3.74. The van der Waals surface area contributed by atoms with Gasteiger partial charge in [-0.1, -0.05) is 18.2 Å². The van der Waals surface area contributed by atoms with Gasteiger partial charge in [-0.05, 0) is 24.5 Å². The first-order valence-electron chi connectivity index (χ1n) is 4.88. The van der Waals surface area contributed by atoms with E-state index in [9.17, 15) is 18.0 Å². The molecule has 6 heteroatoms. The average molecular weight is 248 g/mol. The Morgan fingerprint density at radius 1 is 1.29 bits per heavy atom. The van der Waals surface area contributed by atoms with Crippen molar-refractivity contribution in [3.8, 4) is 0 Å². The molecule has 1 atom stereocenters. The van der Waals surface area contributed by atoms with E-state index in [4.69, 9.17) is 10.2 Å². The Kier molecular flexibility index (Phi) is 4.11. The molecule has 0 spiro atoms. The number of rotatable bonds is 4. The highest BCUT2D eigenvalue weighted by molar-refractivity contribution is 5.71. The fourth-order valence-corrected chi connectivity index (χ4v) is 1.43. The highest BCUT2D eigenvalue weighted by Gasteiger charge is 2.32. The second-order valence-electron chi connectivity index (χ2n) is 3.55. The van der Waals surface area contributed by atoms with Gasteiger partial charge in [-0.2, -0.15) is 13.2 Å². The molecular formula is C11H11F3O3. The number of aliphatic carboxylic acids is 1. The molecule has 1 aromatic rings. The number of hydrogen-bond donors (Lipinski definition) is 2. The number of carbonyl (C=O) groups is 1. The fraction of sp³-hybridized carbons (Fsp3) is 0.364. The van der Waals surface area contributed by atoms with E-state index in [1.165, 1.54) is 18.2 Å². The Balaban J connectivity index is 2.81. The molecule has 0 unspecified atom stereocenters.